The van der Waals surface area contributed by atoms with Crippen LogP contribution >= 0.6 is 0 Å². The molecule has 5 heteroatoms. The standard InChI is InChI=1S/C18H24N2O3/c1-5-12(2)15-18(23)20(4)17(22)14(16(21)19(15)3)11-13-9-7-6-8-10-13/h6-10,12,14-15H,5,11H2,1-4H3/t12-,14-,15-/m0/s1. The minimum Gasteiger partial charge on any atom is -0.333 e. The van der Waals surface area contributed by atoms with E-state index >= 15 is 0 Å². The maximum Gasteiger partial charge on any atom is 0.251 e. The lowest BCUT2D eigenvalue weighted by atomic mass is 9.95. The maximum atomic E-state index is 12.8. The number of rotatable bonds is 4. The molecule has 0 radical (unpaired) electrons. The van der Waals surface area contributed by atoms with E-state index in [0.29, 0.717) is 6.42 Å². The first-order chi connectivity index (χ1) is 10.9. The molecular formula is C18H24N2O3. The van der Waals surface area contributed by atoms with Gasteiger partial charge in [-0.15, -0.1) is 0 Å². The third-order valence-corrected chi connectivity index (χ3v) is 4.74. The molecule has 3 atom stereocenters. The van der Waals surface area contributed by atoms with Gasteiger partial charge in [0.15, 0.2) is 0 Å². The van der Waals surface area contributed by atoms with Gasteiger partial charge in [0.1, 0.15) is 12.0 Å². The second-order valence-electron chi connectivity index (χ2n) is 6.26. The molecule has 1 heterocycles. The molecule has 1 fully saturated rings. The third kappa shape index (κ3) is 3.28. The average Bonchev–Trinajstić information content (AvgIpc) is 2.62. The molecule has 0 aromatic heterocycles. The van der Waals surface area contributed by atoms with Crippen molar-refractivity contribution in [2.75, 3.05) is 14.1 Å². The highest BCUT2D eigenvalue weighted by Crippen LogP contribution is 2.24. The van der Waals surface area contributed by atoms with Crippen LogP contribution in [-0.4, -0.2) is 47.7 Å². The predicted molar refractivity (Wildman–Crippen MR) is 87.4 cm³/mol. The number of carbonyl (C=O) groups excluding carboxylic acids is 3. The molecule has 1 saturated heterocycles. The van der Waals surface area contributed by atoms with Crippen molar-refractivity contribution in [3.8, 4) is 0 Å². The minimum atomic E-state index is -0.842. The lowest BCUT2D eigenvalue weighted by Crippen LogP contribution is -2.48. The van der Waals surface area contributed by atoms with Crippen LogP contribution in [0.15, 0.2) is 30.3 Å². The van der Waals surface area contributed by atoms with Crippen LogP contribution in [0.2, 0.25) is 0 Å². The van der Waals surface area contributed by atoms with Crippen LogP contribution in [0.3, 0.4) is 0 Å². The van der Waals surface area contributed by atoms with Crippen molar-refractivity contribution in [3.05, 3.63) is 35.9 Å². The van der Waals surface area contributed by atoms with Gasteiger partial charge >= 0.3 is 0 Å². The van der Waals surface area contributed by atoms with Crippen molar-refractivity contribution in [1.29, 1.82) is 0 Å². The van der Waals surface area contributed by atoms with Gasteiger partial charge in [-0.2, -0.15) is 0 Å². The Morgan fingerprint density at radius 2 is 1.61 bits per heavy atom. The van der Waals surface area contributed by atoms with Gasteiger partial charge < -0.3 is 4.90 Å². The van der Waals surface area contributed by atoms with Gasteiger partial charge in [0.25, 0.3) is 5.91 Å². The van der Waals surface area contributed by atoms with Crippen LogP contribution < -0.4 is 0 Å². The van der Waals surface area contributed by atoms with Gasteiger partial charge in [-0.1, -0.05) is 50.6 Å². The summed E-state index contributed by atoms with van der Waals surface area (Å²) in [6.45, 7) is 3.91. The zero-order valence-electron chi connectivity index (χ0n) is 14.2. The molecule has 0 bridgehead atoms. The summed E-state index contributed by atoms with van der Waals surface area (Å²) in [5, 5.41) is 0. The Morgan fingerprint density at radius 1 is 1.00 bits per heavy atom. The fourth-order valence-electron chi connectivity index (χ4n) is 3.07. The smallest absolute Gasteiger partial charge is 0.251 e. The first-order valence-corrected chi connectivity index (χ1v) is 8.00. The number of benzene rings is 1. The van der Waals surface area contributed by atoms with Crippen LogP contribution in [-0.2, 0) is 20.8 Å². The quantitative estimate of drug-likeness (QED) is 0.628. The minimum absolute atomic E-state index is 0.00201. The molecule has 3 amide bonds. The fourth-order valence-corrected chi connectivity index (χ4v) is 3.07. The lowest BCUT2D eigenvalue weighted by Gasteiger charge is -2.30. The number of imide groups is 1. The van der Waals surface area contributed by atoms with E-state index in [9.17, 15) is 14.4 Å². The first kappa shape index (κ1) is 17.2. The van der Waals surface area contributed by atoms with Gasteiger partial charge in [0, 0.05) is 14.1 Å². The van der Waals surface area contributed by atoms with Crippen LogP contribution in [0.4, 0.5) is 0 Å². The van der Waals surface area contributed by atoms with E-state index in [0.717, 1.165) is 16.9 Å². The van der Waals surface area contributed by atoms with E-state index in [4.69, 9.17) is 0 Å². The molecule has 1 aliphatic heterocycles. The summed E-state index contributed by atoms with van der Waals surface area (Å²) in [6, 6.07) is 8.84. The molecule has 2 rings (SSSR count). The monoisotopic (exact) mass is 316 g/mol. The summed E-state index contributed by atoms with van der Waals surface area (Å²) < 4.78 is 0. The summed E-state index contributed by atoms with van der Waals surface area (Å²) >= 11 is 0. The number of carbonyl (C=O) groups is 3. The molecule has 1 aliphatic rings. The van der Waals surface area contributed by atoms with E-state index in [1.807, 2.05) is 44.2 Å². The van der Waals surface area contributed by atoms with Gasteiger partial charge in [-0.05, 0) is 17.9 Å². The Kier molecular flexibility index (Phi) is 5.19. The molecule has 124 valence electrons. The Morgan fingerprint density at radius 3 is 2.17 bits per heavy atom. The lowest BCUT2D eigenvalue weighted by molar-refractivity contribution is -0.146. The predicted octanol–water partition coefficient (Wildman–Crippen LogP) is 1.72. The van der Waals surface area contributed by atoms with Crippen molar-refractivity contribution in [3.63, 3.8) is 0 Å². The number of likely N-dealkylation sites (N-methyl/N-ethyl adjacent to an activating group) is 2. The zero-order valence-corrected chi connectivity index (χ0v) is 14.2. The third-order valence-electron chi connectivity index (χ3n) is 4.74. The normalized spacial score (nSPS) is 23.9. The van der Waals surface area contributed by atoms with Crippen LogP contribution in [0.1, 0.15) is 25.8 Å². The molecule has 0 saturated carbocycles. The molecule has 0 spiro atoms. The molecule has 0 unspecified atom stereocenters. The van der Waals surface area contributed by atoms with Crippen LogP contribution in [0.25, 0.3) is 0 Å². The Labute approximate surface area is 137 Å². The summed E-state index contributed by atoms with van der Waals surface area (Å²) in [5.74, 6) is -1.83. The number of hydrogen-bond acceptors (Lipinski definition) is 3. The fraction of sp³-hybridized carbons (Fsp3) is 0.500. The van der Waals surface area contributed by atoms with Crippen molar-refractivity contribution in [2.24, 2.45) is 11.8 Å². The van der Waals surface area contributed by atoms with Gasteiger partial charge in [0.05, 0.1) is 0 Å². The van der Waals surface area contributed by atoms with E-state index < -0.39 is 17.9 Å². The van der Waals surface area contributed by atoms with Crippen LogP contribution in [0.5, 0.6) is 0 Å². The maximum absolute atomic E-state index is 12.8. The number of amides is 3. The average molecular weight is 316 g/mol. The van der Waals surface area contributed by atoms with Crippen molar-refractivity contribution >= 4 is 17.7 Å². The van der Waals surface area contributed by atoms with Crippen molar-refractivity contribution in [2.45, 2.75) is 32.7 Å². The number of hydrogen-bond donors (Lipinski definition) is 0. The highest BCUT2D eigenvalue weighted by molar-refractivity contribution is 6.11. The molecule has 23 heavy (non-hydrogen) atoms. The second-order valence-corrected chi connectivity index (χ2v) is 6.26. The van der Waals surface area contributed by atoms with Crippen molar-refractivity contribution < 1.29 is 14.4 Å². The zero-order chi connectivity index (χ0) is 17.1. The SMILES string of the molecule is CC[C@H](C)[C@H]1C(=O)N(C)C(=O)[C@@H](Cc2ccccc2)C(=O)N1C. The van der Waals surface area contributed by atoms with E-state index in [2.05, 4.69) is 0 Å². The Hall–Kier alpha value is -2.17. The van der Waals surface area contributed by atoms with Gasteiger partial charge in [-0.25, -0.2) is 0 Å². The molecule has 1 aromatic rings. The van der Waals surface area contributed by atoms with Crippen LogP contribution in [0, 0.1) is 11.8 Å². The number of nitrogens with zero attached hydrogens (tertiary/aromatic N) is 2. The van der Waals surface area contributed by atoms with E-state index in [-0.39, 0.29) is 17.7 Å². The molecule has 1 aromatic carbocycles. The summed E-state index contributed by atoms with van der Waals surface area (Å²) in [5.41, 5.74) is 0.912. The molecular weight excluding hydrogens is 292 g/mol. The molecule has 5 nitrogen and oxygen atoms in total. The van der Waals surface area contributed by atoms with E-state index in [1.54, 1.807) is 7.05 Å². The van der Waals surface area contributed by atoms with Gasteiger partial charge in [-0.3, -0.25) is 19.3 Å². The van der Waals surface area contributed by atoms with Gasteiger partial charge in [0.2, 0.25) is 11.8 Å². The molecule has 0 aliphatic carbocycles. The highest BCUT2D eigenvalue weighted by atomic mass is 16.2. The summed E-state index contributed by atoms with van der Waals surface area (Å²) in [7, 11) is 3.10. The Bertz CT molecular complexity index is 600. The summed E-state index contributed by atoms with van der Waals surface area (Å²) in [6.07, 6.45) is 1.08. The Balaban J connectivity index is 2.36. The first-order valence-electron chi connectivity index (χ1n) is 8.00. The highest BCUT2D eigenvalue weighted by Gasteiger charge is 2.44. The summed E-state index contributed by atoms with van der Waals surface area (Å²) in [4.78, 5) is 40.7. The molecule has 0 N–H and O–H groups in total. The largest absolute Gasteiger partial charge is 0.333 e. The van der Waals surface area contributed by atoms with Crippen molar-refractivity contribution in [1.82, 2.24) is 9.80 Å². The topological polar surface area (TPSA) is 57.7 Å². The van der Waals surface area contributed by atoms with E-state index in [1.165, 1.54) is 11.9 Å². The second kappa shape index (κ2) is 6.94.